The fraction of sp³-hybridized carbons (Fsp3) is 0.0909. The lowest BCUT2D eigenvalue weighted by Crippen LogP contribution is -1.90. The molecule has 0 aliphatic rings. The highest BCUT2D eigenvalue weighted by Gasteiger charge is 2.04. The van der Waals surface area contributed by atoms with E-state index in [1.807, 2.05) is 18.2 Å². The van der Waals surface area contributed by atoms with Crippen LogP contribution in [0.5, 0.6) is 5.75 Å². The predicted octanol–water partition coefficient (Wildman–Crippen LogP) is 2.81. The lowest BCUT2D eigenvalue weighted by atomic mass is 10.2. The molecule has 3 nitrogen and oxygen atoms in total. The highest BCUT2D eigenvalue weighted by Crippen LogP contribution is 2.23. The van der Waals surface area contributed by atoms with Gasteiger partial charge in [-0.3, -0.25) is 4.98 Å². The van der Waals surface area contributed by atoms with Crippen LogP contribution < -0.4 is 4.74 Å². The summed E-state index contributed by atoms with van der Waals surface area (Å²) in [6.45, 7) is 0. The summed E-state index contributed by atoms with van der Waals surface area (Å²) in [6, 6.07) is 7.24. The molecule has 0 fully saturated rings. The summed E-state index contributed by atoms with van der Waals surface area (Å²) in [5, 5.41) is 0.111. The number of hydrogen-bond donors (Lipinski definition) is 0. The van der Waals surface area contributed by atoms with Crippen LogP contribution in [0.2, 0.25) is 5.15 Å². The lowest BCUT2D eigenvalue weighted by molar-refractivity contribution is 0.414. The first-order valence-corrected chi connectivity index (χ1v) is 4.72. The van der Waals surface area contributed by atoms with Gasteiger partial charge in [-0.2, -0.15) is 0 Å². The molecule has 0 spiro atoms. The fourth-order valence-corrected chi connectivity index (χ4v) is 1.37. The van der Waals surface area contributed by atoms with E-state index in [4.69, 9.17) is 17.7 Å². The second-order valence-corrected chi connectivity index (χ2v) is 3.20. The average Bonchev–Trinajstić information content (AvgIpc) is 2.33. The van der Waals surface area contributed by atoms with Gasteiger partial charge in [-0.25, -0.2) is 4.98 Å². The Kier molecular flexibility index (Phi) is 2.47. The molecular formula is C11H9ClN2O. The number of rotatable bonds is 2. The Morgan fingerprint density at radius 3 is 2.93 bits per heavy atom. The van der Waals surface area contributed by atoms with E-state index >= 15 is 0 Å². The molecular weight excluding hydrogens is 212 g/mol. The third-order valence-electron chi connectivity index (χ3n) is 1.86. The SMILES string of the molecule is [2H]c1c(OC)cc(-c2ccccn2)nc1Cl. The van der Waals surface area contributed by atoms with Crippen LogP contribution in [0.25, 0.3) is 11.4 Å². The van der Waals surface area contributed by atoms with Crippen molar-refractivity contribution in [2.75, 3.05) is 7.11 Å². The lowest BCUT2D eigenvalue weighted by Gasteiger charge is -2.04. The van der Waals surface area contributed by atoms with Gasteiger partial charge < -0.3 is 4.74 Å². The molecule has 0 aliphatic heterocycles. The molecule has 2 heterocycles. The highest BCUT2D eigenvalue weighted by molar-refractivity contribution is 6.29. The van der Waals surface area contributed by atoms with Gasteiger partial charge >= 0.3 is 0 Å². The maximum absolute atomic E-state index is 7.61. The maximum atomic E-state index is 7.61. The van der Waals surface area contributed by atoms with Crippen LogP contribution in [0.15, 0.2) is 36.5 Å². The van der Waals surface area contributed by atoms with Gasteiger partial charge in [0.15, 0.2) is 0 Å². The van der Waals surface area contributed by atoms with Crippen LogP contribution >= 0.6 is 11.6 Å². The van der Waals surface area contributed by atoms with E-state index in [9.17, 15) is 0 Å². The molecule has 76 valence electrons. The van der Waals surface area contributed by atoms with E-state index in [1.165, 1.54) is 7.11 Å². The first-order chi connectivity index (χ1) is 7.72. The minimum absolute atomic E-state index is 0.0869. The summed E-state index contributed by atoms with van der Waals surface area (Å²) in [4.78, 5) is 8.24. The molecule has 2 rings (SSSR count). The van der Waals surface area contributed by atoms with E-state index in [1.54, 1.807) is 12.3 Å². The number of pyridine rings is 2. The normalized spacial score (nSPS) is 10.9. The molecule has 0 atom stereocenters. The van der Waals surface area contributed by atoms with Crippen molar-refractivity contribution < 1.29 is 6.11 Å². The molecule has 0 saturated carbocycles. The van der Waals surface area contributed by atoms with Gasteiger partial charge in [0.1, 0.15) is 10.9 Å². The van der Waals surface area contributed by atoms with E-state index in [-0.39, 0.29) is 11.2 Å². The van der Waals surface area contributed by atoms with Crippen LogP contribution in [-0.2, 0) is 0 Å². The molecule has 15 heavy (non-hydrogen) atoms. The van der Waals surface area contributed by atoms with E-state index < -0.39 is 0 Å². The third-order valence-corrected chi connectivity index (χ3v) is 2.04. The van der Waals surface area contributed by atoms with Crippen molar-refractivity contribution in [1.82, 2.24) is 9.97 Å². The Bertz CT molecular complexity index is 505. The monoisotopic (exact) mass is 221 g/mol. The van der Waals surface area contributed by atoms with Gasteiger partial charge in [-0.05, 0) is 12.1 Å². The van der Waals surface area contributed by atoms with Gasteiger partial charge in [-0.15, -0.1) is 0 Å². The average molecular weight is 222 g/mol. The Balaban J connectivity index is 2.55. The number of nitrogens with zero attached hydrogens (tertiary/aromatic N) is 2. The third kappa shape index (κ3) is 2.25. The van der Waals surface area contributed by atoms with Gasteiger partial charge in [0.05, 0.1) is 19.9 Å². The minimum Gasteiger partial charge on any atom is -0.497 e. The van der Waals surface area contributed by atoms with Gasteiger partial charge in [0.2, 0.25) is 0 Å². The standard InChI is InChI=1S/C11H9ClN2O/c1-15-8-6-10(14-11(12)7-8)9-4-2-3-5-13-9/h2-7H,1H3/i7D. The zero-order valence-electron chi connectivity index (χ0n) is 9.07. The van der Waals surface area contributed by atoms with Crippen molar-refractivity contribution in [3.05, 3.63) is 41.7 Å². The Hall–Kier alpha value is -1.61. The van der Waals surface area contributed by atoms with Crippen LogP contribution in [0.4, 0.5) is 0 Å². The quantitative estimate of drug-likeness (QED) is 0.732. The zero-order valence-corrected chi connectivity index (χ0v) is 8.82. The Labute approximate surface area is 94.1 Å². The molecule has 2 aromatic heterocycles. The maximum Gasteiger partial charge on any atom is 0.133 e. The second-order valence-electron chi connectivity index (χ2n) is 2.84. The molecule has 0 aliphatic carbocycles. The van der Waals surface area contributed by atoms with Crippen LogP contribution in [-0.4, -0.2) is 17.1 Å². The summed E-state index contributed by atoms with van der Waals surface area (Å²) in [5.74, 6) is 0.389. The number of ether oxygens (including phenoxy) is 1. The van der Waals surface area contributed by atoms with Gasteiger partial charge in [0.25, 0.3) is 0 Å². The van der Waals surface area contributed by atoms with E-state index in [2.05, 4.69) is 9.97 Å². The minimum atomic E-state index is 0.0869. The number of halogens is 1. The van der Waals surface area contributed by atoms with Crippen molar-refractivity contribution in [1.29, 1.82) is 0 Å². The Morgan fingerprint density at radius 2 is 2.27 bits per heavy atom. The molecule has 0 bridgehead atoms. The largest absolute Gasteiger partial charge is 0.497 e. The molecule has 0 unspecified atom stereocenters. The van der Waals surface area contributed by atoms with Crippen molar-refractivity contribution >= 4 is 11.6 Å². The van der Waals surface area contributed by atoms with Crippen LogP contribution in [0.3, 0.4) is 0 Å². The van der Waals surface area contributed by atoms with Gasteiger partial charge in [-0.1, -0.05) is 17.7 Å². The summed E-state index contributed by atoms with van der Waals surface area (Å²) in [7, 11) is 1.49. The molecule has 4 heteroatoms. The Morgan fingerprint density at radius 1 is 1.40 bits per heavy atom. The summed E-state index contributed by atoms with van der Waals surface area (Å²) < 4.78 is 12.7. The fourth-order valence-electron chi connectivity index (χ4n) is 1.18. The van der Waals surface area contributed by atoms with E-state index in [0.717, 1.165) is 0 Å². The highest BCUT2D eigenvalue weighted by atomic mass is 35.5. The summed E-state index contributed by atoms with van der Waals surface area (Å²) in [6.07, 6.45) is 1.67. The molecule has 0 radical (unpaired) electrons. The molecule has 0 amide bonds. The van der Waals surface area contributed by atoms with E-state index in [0.29, 0.717) is 17.1 Å². The molecule has 0 N–H and O–H groups in total. The number of hydrogen-bond acceptors (Lipinski definition) is 3. The van der Waals surface area contributed by atoms with Crippen molar-refractivity contribution in [3.8, 4) is 17.1 Å². The van der Waals surface area contributed by atoms with Crippen molar-refractivity contribution in [3.63, 3.8) is 0 Å². The molecule has 2 aromatic rings. The van der Waals surface area contributed by atoms with Crippen molar-refractivity contribution in [2.45, 2.75) is 0 Å². The second kappa shape index (κ2) is 4.28. The molecule has 0 aromatic carbocycles. The van der Waals surface area contributed by atoms with Crippen LogP contribution in [0, 0.1) is 0 Å². The van der Waals surface area contributed by atoms with Crippen molar-refractivity contribution in [2.24, 2.45) is 0 Å². The summed E-state index contributed by atoms with van der Waals surface area (Å²) >= 11 is 5.84. The predicted molar refractivity (Wildman–Crippen MR) is 59.0 cm³/mol. The summed E-state index contributed by atoms with van der Waals surface area (Å²) in [5.41, 5.74) is 1.29. The number of methoxy groups -OCH3 is 1. The topological polar surface area (TPSA) is 35.0 Å². The molecule has 0 saturated heterocycles. The van der Waals surface area contributed by atoms with Crippen LogP contribution in [0.1, 0.15) is 1.37 Å². The first kappa shape index (κ1) is 8.68. The first-order valence-electron chi connectivity index (χ1n) is 4.85. The van der Waals surface area contributed by atoms with Gasteiger partial charge in [0, 0.05) is 18.3 Å². The zero-order chi connectivity index (χ0) is 11.5. The smallest absolute Gasteiger partial charge is 0.133 e. The number of aromatic nitrogens is 2.